The second kappa shape index (κ2) is 5.38. The normalized spacial score (nSPS) is 16.8. The van der Waals surface area contributed by atoms with E-state index in [1.807, 2.05) is 30.3 Å². The van der Waals surface area contributed by atoms with Crippen molar-refractivity contribution in [3.63, 3.8) is 0 Å². The van der Waals surface area contributed by atoms with Crippen molar-refractivity contribution in [2.45, 2.75) is 18.9 Å². The minimum absolute atomic E-state index is 0.176. The molecule has 3 N–H and O–H groups in total. The molecule has 0 saturated carbocycles. The highest BCUT2D eigenvalue weighted by molar-refractivity contribution is 5.78. The van der Waals surface area contributed by atoms with Gasteiger partial charge >= 0.3 is 0 Å². The minimum Gasteiger partial charge on any atom is -0.496 e. The van der Waals surface area contributed by atoms with Crippen molar-refractivity contribution in [1.29, 1.82) is 0 Å². The van der Waals surface area contributed by atoms with Gasteiger partial charge in [0.05, 0.1) is 17.8 Å². The zero-order valence-corrected chi connectivity index (χ0v) is 10.7. The molecule has 1 aliphatic rings. The molecule has 1 atom stereocenters. The summed E-state index contributed by atoms with van der Waals surface area (Å²) < 4.78 is 5.68. The smallest absolute Gasteiger partial charge is 0.120 e. The molecule has 0 aliphatic carbocycles. The van der Waals surface area contributed by atoms with Gasteiger partial charge in [0.25, 0.3) is 0 Å². The van der Waals surface area contributed by atoms with Gasteiger partial charge in [0.15, 0.2) is 0 Å². The molecule has 1 aliphatic heterocycles. The van der Waals surface area contributed by atoms with Crippen molar-refractivity contribution in [3.8, 4) is 0 Å². The van der Waals surface area contributed by atoms with Gasteiger partial charge in [-0.05, 0) is 31.1 Å². The van der Waals surface area contributed by atoms with Gasteiger partial charge in [0, 0.05) is 5.39 Å². The van der Waals surface area contributed by atoms with Gasteiger partial charge in [-0.15, -0.1) is 0 Å². The first-order chi connectivity index (χ1) is 9.38. The molecule has 98 valence electrons. The summed E-state index contributed by atoms with van der Waals surface area (Å²) in [5.41, 5.74) is 4.65. The van der Waals surface area contributed by atoms with Crippen LogP contribution in [0.25, 0.3) is 10.9 Å². The summed E-state index contributed by atoms with van der Waals surface area (Å²) in [5.74, 6) is 6.54. The van der Waals surface area contributed by atoms with Gasteiger partial charge < -0.3 is 4.74 Å². The van der Waals surface area contributed by atoms with E-state index < -0.39 is 0 Å². The second-order valence-corrected chi connectivity index (χ2v) is 4.63. The third kappa shape index (κ3) is 2.45. The summed E-state index contributed by atoms with van der Waals surface area (Å²) in [4.78, 5) is 4.66. The predicted molar refractivity (Wildman–Crippen MR) is 75.1 cm³/mol. The van der Waals surface area contributed by atoms with Crippen molar-refractivity contribution in [2.75, 3.05) is 6.61 Å². The first kappa shape index (κ1) is 12.1. The lowest BCUT2D eigenvalue weighted by atomic mass is 10.1. The van der Waals surface area contributed by atoms with E-state index in [4.69, 9.17) is 10.6 Å². The number of nitrogens with one attached hydrogen (secondary N) is 1. The molecular weight excluding hydrogens is 238 g/mol. The van der Waals surface area contributed by atoms with E-state index in [0.717, 1.165) is 41.8 Å². The Morgan fingerprint density at radius 2 is 2.11 bits per heavy atom. The SMILES string of the molecule is NNC(C1=CCCCO1)c1ccc2ccccc2n1. The highest BCUT2D eigenvalue weighted by Crippen LogP contribution is 2.25. The number of para-hydroxylation sites is 1. The largest absolute Gasteiger partial charge is 0.496 e. The number of pyridine rings is 1. The van der Waals surface area contributed by atoms with Crippen LogP contribution in [0.2, 0.25) is 0 Å². The zero-order chi connectivity index (χ0) is 13.1. The summed E-state index contributed by atoms with van der Waals surface area (Å²) in [5, 5.41) is 1.13. The van der Waals surface area contributed by atoms with Crippen LogP contribution < -0.4 is 11.3 Å². The summed E-state index contributed by atoms with van der Waals surface area (Å²) in [7, 11) is 0. The van der Waals surface area contributed by atoms with Gasteiger partial charge in [0.2, 0.25) is 0 Å². The van der Waals surface area contributed by atoms with E-state index in [9.17, 15) is 0 Å². The maximum atomic E-state index is 5.68. The molecule has 19 heavy (non-hydrogen) atoms. The fraction of sp³-hybridized carbons (Fsp3) is 0.267. The van der Waals surface area contributed by atoms with Crippen molar-refractivity contribution >= 4 is 10.9 Å². The molecule has 4 nitrogen and oxygen atoms in total. The summed E-state index contributed by atoms with van der Waals surface area (Å²) in [6.45, 7) is 0.748. The van der Waals surface area contributed by atoms with Crippen LogP contribution in [0, 0.1) is 0 Å². The number of aromatic nitrogens is 1. The Balaban J connectivity index is 1.98. The molecule has 1 aromatic carbocycles. The van der Waals surface area contributed by atoms with Crippen LogP contribution >= 0.6 is 0 Å². The van der Waals surface area contributed by atoms with Gasteiger partial charge in [0.1, 0.15) is 11.8 Å². The molecule has 0 fully saturated rings. The highest BCUT2D eigenvalue weighted by atomic mass is 16.5. The molecule has 2 aromatic rings. The molecule has 2 heterocycles. The number of allylic oxidation sites excluding steroid dienone is 1. The molecule has 0 radical (unpaired) electrons. The Bertz CT molecular complexity index is 609. The van der Waals surface area contributed by atoms with Crippen molar-refractivity contribution < 1.29 is 4.74 Å². The van der Waals surface area contributed by atoms with E-state index >= 15 is 0 Å². The number of nitrogens with zero attached hydrogens (tertiary/aromatic N) is 1. The van der Waals surface area contributed by atoms with Crippen LogP contribution in [0.1, 0.15) is 24.6 Å². The molecular formula is C15H17N3O. The van der Waals surface area contributed by atoms with Crippen LogP contribution in [0.5, 0.6) is 0 Å². The van der Waals surface area contributed by atoms with Gasteiger partial charge in [-0.25, -0.2) is 5.43 Å². The Morgan fingerprint density at radius 1 is 1.21 bits per heavy atom. The van der Waals surface area contributed by atoms with E-state index in [2.05, 4.69) is 22.6 Å². The molecule has 1 unspecified atom stereocenters. The van der Waals surface area contributed by atoms with Crippen molar-refractivity contribution in [1.82, 2.24) is 10.4 Å². The number of hydrazine groups is 1. The van der Waals surface area contributed by atoms with Gasteiger partial charge in [-0.3, -0.25) is 10.8 Å². The second-order valence-electron chi connectivity index (χ2n) is 4.63. The molecule has 4 heteroatoms. The molecule has 0 bridgehead atoms. The summed E-state index contributed by atoms with van der Waals surface area (Å²) in [6, 6.07) is 11.9. The Kier molecular flexibility index (Phi) is 3.44. The number of rotatable bonds is 3. The number of hydrogen-bond acceptors (Lipinski definition) is 4. The fourth-order valence-corrected chi connectivity index (χ4v) is 2.33. The van der Waals surface area contributed by atoms with Gasteiger partial charge in [-0.2, -0.15) is 0 Å². The first-order valence-corrected chi connectivity index (χ1v) is 6.53. The lowest BCUT2D eigenvalue weighted by Gasteiger charge is -2.23. The number of benzene rings is 1. The van der Waals surface area contributed by atoms with Crippen LogP contribution in [-0.2, 0) is 4.74 Å². The lowest BCUT2D eigenvalue weighted by Crippen LogP contribution is -2.31. The zero-order valence-electron chi connectivity index (χ0n) is 10.7. The molecule has 1 aromatic heterocycles. The number of hydrogen-bond donors (Lipinski definition) is 2. The molecule has 3 rings (SSSR count). The third-order valence-corrected chi connectivity index (χ3v) is 3.33. The number of ether oxygens (including phenoxy) is 1. The van der Waals surface area contributed by atoms with Crippen LogP contribution in [0.3, 0.4) is 0 Å². The van der Waals surface area contributed by atoms with E-state index in [1.54, 1.807) is 0 Å². The van der Waals surface area contributed by atoms with Crippen LogP contribution in [-0.4, -0.2) is 11.6 Å². The summed E-state index contributed by atoms with van der Waals surface area (Å²) in [6.07, 6.45) is 4.18. The average Bonchev–Trinajstić information content (AvgIpc) is 2.49. The maximum Gasteiger partial charge on any atom is 0.120 e. The number of fused-ring (bicyclic) bond motifs is 1. The molecule has 0 spiro atoms. The lowest BCUT2D eigenvalue weighted by molar-refractivity contribution is 0.167. The van der Waals surface area contributed by atoms with Gasteiger partial charge in [-0.1, -0.05) is 24.3 Å². The van der Waals surface area contributed by atoms with E-state index in [0.29, 0.717) is 0 Å². The minimum atomic E-state index is -0.176. The summed E-state index contributed by atoms with van der Waals surface area (Å²) >= 11 is 0. The van der Waals surface area contributed by atoms with E-state index in [1.165, 1.54) is 0 Å². The van der Waals surface area contributed by atoms with Crippen molar-refractivity contribution in [3.05, 3.63) is 53.9 Å². The van der Waals surface area contributed by atoms with Crippen LogP contribution in [0.15, 0.2) is 48.2 Å². The maximum absolute atomic E-state index is 5.68. The topological polar surface area (TPSA) is 60.2 Å². The Morgan fingerprint density at radius 3 is 2.89 bits per heavy atom. The number of nitrogens with two attached hydrogens (primary N) is 1. The Hall–Kier alpha value is -1.91. The average molecular weight is 255 g/mol. The third-order valence-electron chi connectivity index (χ3n) is 3.33. The molecule has 0 amide bonds. The highest BCUT2D eigenvalue weighted by Gasteiger charge is 2.20. The standard InChI is InChI=1S/C15H17N3O/c16-18-15(14-7-3-4-10-19-14)13-9-8-11-5-1-2-6-12(11)17-13/h1-2,5-9,15,18H,3-4,10,16H2. The quantitative estimate of drug-likeness (QED) is 0.653. The van der Waals surface area contributed by atoms with Crippen LogP contribution in [0.4, 0.5) is 0 Å². The first-order valence-electron chi connectivity index (χ1n) is 6.53. The van der Waals surface area contributed by atoms with E-state index in [-0.39, 0.29) is 6.04 Å². The Labute approximate surface area is 112 Å². The fourth-order valence-electron chi connectivity index (χ4n) is 2.33. The monoisotopic (exact) mass is 255 g/mol. The molecule has 0 saturated heterocycles. The predicted octanol–water partition coefficient (Wildman–Crippen LogP) is 2.43. The van der Waals surface area contributed by atoms with Crippen molar-refractivity contribution in [2.24, 2.45) is 5.84 Å².